The summed E-state index contributed by atoms with van der Waals surface area (Å²) < 4.78 is 1.64. The molecular weight excluding hydrogens is 192 g/mol. The van der Waals surface area contributed by atoms with Crippen LogP contribution in [-0.4, -0.2) is 39.7 Å². The van der Waals surface area contributed by atoms with E-state index < -0.39 is 0 Å². The van der Waals surface area contributed by atoms with Crippen LogP contribution >= 0.6 is 0 Å². The molecule has 0 aromatic carbocycles. The lowest BCUT2D eigenvalue weighted by molar-refractivity contribution is 0.0741. The quantitative estimate of drug-likeness (QED) is 0.743. The van der Waals surface area contributed by atoms with E-state index in [2.05, 4.69) is 5.10 Å². The van der Waals surface area contributed by atoms with Gasteiger partial charge < -0.3 is 10.6 Å². The topological polar surface area (TPSA) is 64.2 Å². The molecule has 5 heteroatoms. The smallest absolute Gasteiger partial charge is 0.257 e. The average molecular weight is 208 g/mol. The Kier molecular flexibility index (Phi) is 2.73. The predicted octanol–water partition coefficient (Wildman–Crippen LogP) is -0.0166. The van der Waals surface area contributed by atoms with Gasteiger partial charge in [0, 0.05) is 32.4 Å². The first-order valence-electron chi connectivity index (χ1n) is 5.22. The maximum absolute atomic E-state index is 12.0. The van der Waals surface area contributed by atoms with Crippen molar-refractivity contribution in [2.75, 3.05) is 13.1 Å². The van der Waals surface area contributed by atoms with Gasteiger partial charge in [-0.05, 0) is 12.8 Å². The molecule has 0 aliphatic carbocycles. The Morgan fingerprint density at radius 3 is 3.13 bits per heavy atom. The molecule has 0 saturated carbocycles. The van der Waals surface area contributed by atoms with Crippen LogP contribution in [-0.2, 0) is 7.05 Å². The van der Waals surface area contributed by atoms with Gasteiger partial charge in [-0.25, -0.2) is 0 Å². The summed E-state index contributed by atoms with van der Waals surface area (Å²) in [7, 11) is 1.81. The van der Waals surface area contributed by atoms with Crippen LogP contribution in [0, 0.1) is 0 Å². The Labute approximate surface area is 88.8 Å². The molecule has 2 heterocycles. The zero-order valence-corrected chi connectivity index (χ0v) is 8.89. The summed E-state index contributed by atoms with van der Waals surface area (Å²) in [5.74, 6) is 0.0519. The molecule has 2 rings (SSSR count). The van der Waals surface area contributed by atoms with Crippen LogP contribution in [0.25, 0.3) is 0 Å². The molecule has 15 heavy (non-hydrogen) atoms. The standard InChI is InChI=1S/C10H16N4O/c1-13-7-8(6-12-13)10(15)14-4-2-3-9(14)5-11/h6-7,9H,2-5,11H2,1H3. The Balaban J connectivity index is 2.13. The fourth-order valence-corrected chi connectivity index (χ4v) is 2.05. The Bertz CT molecular complexity index is 360. The predicted molar refractivity (Wildman–Crippen MR) is 56.3 cm³/mol. The molecule has 1 aromatic rings. The molecule has 1 aromatic heterocycles. The first-order chi connectivity index (χ1) is 7.22. The van der Waals surface area contributed by atoms with E-state index in [-0.39, 0.29) is 11.9 Å². The normalized spacial score (nSPS) is 20.9. The molecule has 1 aliphatic heterocycles. The molecule has 0 radical (unpaired) electrons. The summed E-state index contributed by atoms with van der Waals surface area (Å²) in [5, 5.41) is 4.00. The van der Waals surface area contributed by atoms with Crippen molar-refractivity contribution in [1.82, 2.24) is 14.7 Å². The van der Waals surface area contributed by atoms with Crippen molar-refractivity contribution in [3.8, 4) is 0 Å². The lowest BCUT2D eigenvalue weighted by atomic mass is 10.2. The molecule has 1 aliphatic rings. The van der Waals surface area contributed by atoms with Crippen molar-refractivity contribution < 1.29 is 4.79 Å². The molecule has 1 fully saturated rings. The molecule has 1 amide bonds. The SMILES string of the molecule is Cn1cc(C(=O)N2CCCC2CN)cn1. The van der Waals surface area contributed by atoms with Crippen LogP contribution < -0.4 is 5.73 Å². The second-order valence-electron chi connectivity index (χ2n) is 3.93. The zero-order valence-electron chi connectivity index (χ0n) is 8.89. The monoisotopic (exact) mass is 208 g/mol. The van der Waals surface area contributed by atoms with Crippen LogP contribution in [0.5, 0.6) is 0 Å². The minimum absolute atomic E-state index is 0.0519. The molecule has 2 N–H and O–H groups in total. The van der Waals surface area contributed by atoms with Gasteiger partial charge in [0.25, 0.3) is 5.91 Å². The van der Waals surface area contributed by atoms with Gasteiger partial charge in [0.15, 0.2) is 0 Å². The second-order valence-corrected chi connectivity index (χ2v) is 3.93. The van der Waals surface area contributed by atoms with Crippen molar-refractivity contribution in [3.63, 3.8) is 0 Å². The van der Waals surface area contributed by atoms with Gasteiger partial charge in [0.2, 0.25) is 0 Å². The van der Waals surface area contributed by atoms with E-state index in [4.69, 9.17) is 5.73 Å². The number of nitrogens with zero attached hydrogens (tertiary/aromatic N) is 3. The highest BCUT2D eigenvalue weighted by molar-refractivity contribution is 5.94. The van der Waals surface area contributed by atoms with Crippen LogP contribution in [0.15, 0.2) is 12.4 Å². The first kappa shape index (κ1) is 10.2. The highest BCUT2D eigenvalue weighted by Gasteiger charge is 2.28. The average Bonchev–Trinajstić information content (AvgIpc) is 2.84. The third-order valence-electron chi connectivity index (χ3n) is 2.86. The third-order valence-corrected chi connectivity index (χ3v) is 2.86. The van der Waals surface area contributed by atoms with Crippen LogP contribution in [0.4, 0.5) is 0 Å². The van der Waals surface area contributed by atoms with Crippen molar-refractivity contribution >= 4 is 5.91 Å². The Morgan fingerprint density at radius 2 is 2.53 bits per heavy atom. The van der Waals surface area contributed by atoms with Crippen LogP contribution in [0.2, 0.25) is 0 Å². The molecule has 1 unspecified atom stereocenters. The third kappa shape index (κ3) is 1.87. The van der Waals surface area contributed by atoms with E-state index in [9.17, 15) is 4.79 Å². The fourth-order valence-electron chi connectivity index (χ4n) is 2.05. The van der Waals surface area contributed by atoms with Gasteiger partial charge in [0.05, 0.1) is 11.8 Å². The summed E-state index contributed by atoms with van der Waals surface area (Å²) in [5.41, 5.74) is 6.28. The maximum atomic E-state index is 12.0. The number of aryl methyl sites for hydroxylation is 1. The minimum atomic E-state index is 0.0519. The largest absolute Gasteiger partial charge is 0.334 e. The summed E-state index contributed by atoms with van der Waals surface area (Å²) in [4.78, 5) is 13.9. The van der Waals surface area contributed by atoms with Gasteiger partial charge in [-0.3, -0.25) is 9.48 Å². The van der Waals surface area contributed by atoms with E-state index in [1.807, 2.05) is 4.90 Å². The van der Waals surface area contributed by atoms with Crippen LogP contribution in [0.3, 0.4) is 0 Å². The Morgan fingerprint density at radius 1 is 1.73 bits per heavy atom. The lowest BCUT2D eigenvalue weighted by Crippen LogP contribution is -2.39. The zero-order chi connectivity index (χ0) is 10.8. The van der Waals surface area contributed by atoms with Crippen LogP contribution in [0.1, 0.15) is 23.2 Å². The van der Waals surface area contributed by atoms with Crippen molar-refractivity contribution in [3.05, 3.63) is 18.0 Å². The highest BCUT2D eigenvalue weighted by atomic mass is 16.2. The number of nitrogens with two attached hydrogens (primary N) is 1. The van der Waals surface area contributed by atoms with Gasteiger partial charge in [-0.2, -0.15) is 5.10 Å². The lowest BCUT2D eigenvalue weighted by Gasteiger charge is -2.22. The van der Waals surface area contributed by atoms with E-state index >= 15 is 0 Å². The summed E-state index contributed by atoms with van der Waals surface area (Å²) >= 11 is 0. The number of hydrogen-bond donors (Lipinski definition) is 1. The summed E-state index contributed by atoms with van der Waals surface area (Å²) in [6.07, 6.45) is 5.42. The van der Waals surface area contributed by atoms with E-state index in [0.29, 0.717) is 12.1 Å². The maximum Gasteiger partial charge on any atom is 0.257 e. The number of aromatic nitrogens is 2. The summed E-state index contributed by atoms with van der Waals surface area (Å²) in [6, 6.07) is 0.206. The van der Waals surface area contributed by atoms with Crippen molar-refractivity contribution in [2.45, 2.75) is 18.9 Å². The number of amides is 1. The molecule has 1 saturated heterocycles. The molecular formula is C10H16N4O. The minimum Gasteiger partial charge on any atom is -0.334 e. The van der Waals surface area contributed by atoms with E-state index in [1.54, 1.807) is 24.1 Å². The second kappa shape index (κ2) is 4.02. The first-order valence-corrected chi connectivity index (χ1v) is 5.22. The van der Waals surface area contributed by atoms with E-state index in [1.165, 1.54) is 0 Å². The number of carbonyl (C=O) groups is 1. The van der Waals surface area contributed by atoms with Gasteiger partial charge >= 0.3 is 0 Å². The number of likely N-dealkylation sites (tertiary alicyclic amines) is 1. The molecule has 0 spiro atoms. The van der Waals surface area contributed by atoms with Gasteiger partial charge in [-0.1, -0.05) is 0 Å². The van der Waals surface area contributed by atoms with Gasteiger partial charge in [-0.15, -0.1) is 0 Å². The molecule has 0 bridgehead atoms. The number of rotatable bonds is 2. The number of carbonyl (C=O) groups excluding carboxylic acids is 1. The Hall–Kier alpha value is -1.36. The van der Waals surface area contributed by atoms with Crippen molar-refractivity contribution in [2.24, 2.45) is 12.8 Å². The fraction of sp³-hybridized carbons (Fsp3) is 0.600. The highest BCUT2D eigenvalue weighted by Crippen LogP contribution is 2.18. The van der Waals surface area contributed by atoms with E-state index in [0.717, 1.165) is 19.4 Å². The van der Waals surface area contributed by atoms with Crippen molar-refractivity contribution in [1.29, 1.82) is 0 Å². The molecule has 1 atom stereocenters. The summed E-state index contributed by atoms with van der Waals surface area (Å²) in [6.45, 7) is 1.36. The van der Waals surface area contributed by atoms with Gasteiger partial charge in [0.1, 0.15) is 0 Å². The molecule has 5 nitrogen and oxygen atoms in total. The number of hydrogen-bond acceptors (Lipinski definition) is 3. The molecule has 82 valence electrons.